The van der Waals surface area contributed by atoms with E-state index in [0.29, 0.717) is 24.1 Å². The first kappa shape index (κ1) is 18.4. The number of nitrogens with zero attached hydrogens (tertiary/aromatic N) is 3. The van der Waals surface area contributed by atoms with Gasteiger partial charge in [0.1, 0.15) is 0 Å². The average molecular weight is 385 g/mol. The summed E-state index contributed by atoms with van der Waals surface area (Å²) in [5, 5.41) is 15.3. The SMILES string of the molecule is N#CC1(c2cc(CCCN)cc(-c3ccnc4[nH]nc(C(F)(F)F)c34)c2)CC1. The van der Waals surface area contributed by atoms with Gasteiger partial charge in [-0.2, -0.15) is 23.5 Å². The van der Waals surface area contributed by atoms with E-state index in [1.54, 1.807) is 6.07 Å². The fourth-order valence-electron chi connectivity index (χ4n) is 3.56. The predicted molar refractivity (Wildman–Crippen MR) is 98.2 cm³/mol. The number of nitrogens with one attached hydrogen (secondary N) is 1. The van der Waals surface area contributed by atoms with Crippen LogP contribution >= 0.6 is 0 Å². The Bertz CT molecular complexity index is 1070. The number of nitriles is 1. The zero-order chi connectivity index (χ0) is 19.9. The monoisotopic (exact) mass is 385 g/mol. The van der Waals surface area contributed by atoms with Crippen molar-refractivity contribution in [2.75, 3.05) is 6.54 Å². The van der Waals surface area contributed by atoms with Crippen molar-refractivity contribution in [3.8, 4) is 17.2 Å². The number of H-pyrrole nitrogens is 1. The fraction of sp³-hybridized carbons (Fsp3) is 0.350. The normalized spacial score (nSPS) is 15.5. The molecule has 4 rings (SSSR count). The summed E-state index contributed by atoms with van der Waals surface area (Å²) in [7, 11) is 0. The number of aromatic nitrogens is 3. The molecule has 1 aliphatic carbocycles. The van der Waals surface area contributed by atoms with E-state index in [4.69, 9.17) is 5.73 Å². The van der Waals surface area contributed by atoms with Gasteiger partial charge in [0.2, 0.25) is 0 Å². The van der Waals surface area contributed by atoms with Gasteiger partial charge in [-0.15, -0.1) is 0 Å². The van der Waals surface area contributed by atoms with Crippen molar-refractivity contribution >= 4 is 11.0 Å². The van der Waals surface area contributed by atoms with E-state index >= 15 is 0 Å². The second kappa shape index (κ2) is 6.60. The Kier molecular flexibility index (Phi) is 4.35. The van der Waals surface area contributed by atoms with Gasteiger partial charge in [0.25, 0.3) is 0 Å². The molecule has 8 heteroatoms. The summed E-state index contributed by atoms with van der Waals surface area (Å²) in [6.45, 7) is 0.516. The fourth-order valence-corrected chi connectivity index (χ4v) is 3.56. The molecule has 1 fully saturated rings. The zero-order valence-electron chi connectivity index (χ0n) is 15.0. The van der Waals surface area contributed by atoms with Crippen molar-refractivity contribution in [2.24, 2.45) is 5.73 Å². The number of halogens is 3. The molecule has 3 N–H and O–H groups in total. The van der Waals surface area contributed by atoms with Gasteiger partial charge in [-0.05, 0) is 66.6 Å². The summed E-state index contributed by atoms with van der Waals surface area (Å²) in [6.07, 6.45) is -0.165. The lowest BCUT2D eigenvalue weighted by Gasteiger charge is -2.14. The number of pyridine rings is 1. The highest BCUT2D eigenvalue weighted by molar-refractivity contribution is 5.95. The molecule has 0 saturated heterocycles. The minimum absolute atomic E-state index is 0.0567. The summed E-state index contributed by atoms with van der Waals surface area (Å²) in [5.74, 6) is 0. The van der Waals surface area contributed by atoms with Crippen LogP contribution in [0, 0.1) is 11.3 Å². The molecule has 0 spiro atoms. The van der Waals surface area contributed by atoms with E-state index in [1.807, 2.05) is 18.2 Å². The van der Waals surface area contributed by atoms with Crippen LogP contribution in [0.15, 0.2) is 30.5 Å². The van der Waals surface area contributed by atoms with Crippen molar-refractivity contribution in [3.63, 3.8) is 0 Å². The lowest BCUT2D eigenvalue weighted by atomic mass is 9.89. The maximum Gasteiger partial charge on any atom is 0.435 e. The molecule has 0 amide bonds. The molecule has 2 aromatic heterocycles. The summed E-state index contributed by atoms with van der Waals surface area (Å²) in [4.78, 5) is 3.99. The minimum Gasteiger partial charge on any atom is -0.330 e. The number of alkyl halides is 3. The quantitative estimate of drug-likeness (QED) is 0.692. The first-order valence-corrected chi connectivity index (χ1v) is 9.04. The third-order valence-corrected chi connectivity index (χ3v) is 5.22. The van der Waals surface area contributed by atoms with E-state index in [9.17, 15) is 18.4 Å². The number of benzene rings is 1. The van der Waals surface area contributed by atoms with E-state index in [2.05, 4.69) is 21.3 Å². The molecule has 144 valence electrons. The lowest BCUT2D eigenvalue weighted by Crippen LogP contribution is -2.07. The van der Waals surface area contributed by atoms with Crippen LogP contribution in [-0.4, -0.2) is 21.7 Å². The average Bonchev–Trinajstić information content (AvgIpc) is 3.35. The van der Waals surface area contributed by atoms with Crippen molar-refractivity contribution < 1.29 is 13.2 Å². The largest absolute Gasteiger partial charge is 0.435 e. The van der Waals surface area contributed by atoms with Crippen LogP contribution in [0.2, 0.25) is 0 Å². The molecule has 2 heterocycles. The molecule has 1 saturated carbocycles. The standard InChI is InChI=1S/C20H18F3N5/c21-20(22,23)17-16-15(3-7-26-18(16)28-27-17)13-8-12(2-1-6-24)9-14(10-13)19(11-25)4-5-19/h3,7-10H,1-2,4-6,24H2,(H,26,27,28). The maximum absolute atomic E-state index is 13.5. The maximum atomic E-state index is 13.5. The van der Waals surface area contributed by atoms with Crippen LogP contribution in [-0.2, 0) is 18.0 Å². The molecular weight excluding hydrogens is 367 g/mol. The molecule has 3 aromatic rings. The van der Waals surface area contributed by atoms with Crippen LogP contribution in [0.3, 0.4) is 0 Å². The van der Waals surface area contributed by atoms with Gasteiger partial charge < -0.3 is 5.73 Å². The molecule has 0 bridgehead atoms. The number of aryl methyl sites for hydroxylation is 1. The second-order valence-electron chi connectivity index (χ2n) is 7.16. The minimum atomic E-state index is -4.60. The second-order valence-corrected chi connectivity index (χ2v) is 7.16. The van der Waals surface area contributed by atoms with Gasteiger partial charge in [-0.1, -0.05) is 12.1 Å². The van der Waals surface area contributed by atoms with Crippen LogP contribution in [0.25, 0.3) is 22.2 Å². The van der Waals surface area contributed by atoms with Crippen LogP contribution < -0.4 is 5.73 Å². The van der Waals surface area contributed by atoms with Gasteiger partial charge in [0, 0.05) is 6.20 Å². The first-order valence-electron chi connectivity index (χ1n) is 9.04. The number of hydrogen-bond acceptors (Lipinski definition) is 4. The molecule has 0 radical (unpaired) electrons. The Hall–Kier alpha value is -2.92. The van der Waals surface area contributed by atoms with Crippen molar-refractivity contribution in [3.05, 3.63) is 47.3 Å². The predicted octanol–water partition coefficient (Wildman–Crippen LogP) is 4.09. The number of rotatable bonds is 5. The van der Waals surface area contributed by atoms with Crippen molar-refractivity contribution in [2.45, 2.75) is 37.3 Å². The highest BCUT2D eigenvalue weighted by Crippen LogP contribution is 2.49. The molecule has 0 aliphatic heterocycles. The van der Waals surface area contributed by atoms with Crippen LogP contribution in [0.4, 0.5) is 13.2 Å². The van der Waals surface area contributed by atoms with Crippen molar-refractivity contribution in [1.29, 1.82) is 5.26 Å². The topological polar surface area (TPSA) is 91.4 Å². The Morgan fingerprint density at radius 3 is 2.68 bits per heavy atom. The molecular formula is C20H18F3N5. The molecule has 28 heavy (non-hydrogen) atoms. The summed E-state index contributed by atoms with van der Waals surface area (Å²) < 4.78 is 40.4. The molecule has 0 unspecified atom stereocenters. The first-order chi connectivity index (χ1) is 13.4. The van der Waals surface area contributed by atoms with Gasteiger partial charge in [0.05, 0.1) is 16.9 Å². The lowest BCUT2D eigenvalue weighted by molar-refractivity contribution is -0.139. The number of fused-ring (bicyclic) bond motifs is 1. The van der Waals surface area contributed by atoms with E-state index < -0.39 is 17.3 Å². The Labute approximate surface area is 159 Å². The smallest absolute Gasteiger partial charge is 0.330 e. The van der Waals surface area contributed by atoms with Crippen molar-refractivity contribution in [1.82, 2.24) is 15.2 Å². The molecule has 1 aromatic carbocycles. The third kappa shape index (κ3) is 3.12. The van der Waals surface area contributed by atoms with Gasteiger partial charge in [-0.3, -0.25) is 5.10 Å². The van der Waals surface area contributed by atoms with Crippen LogP contribution in [0.5, 0.6) is 0 Å². The van der Waals surface area contributed by atoms with E-state index in [0.717, 1.165) is 30.4 Å². The van der Waals surface area contributed by atoms with Gasteiger partial charge in [-0.25, -0.2) is 4.98 Å². The molecule has 0 atom stereocenters. The number of nitrogens with two attached hydrogens (primary N) is 1. The molecule has 1 aliphatic rings. The highest BCUT2D eigenvalue weighted by Gasteiger charge is 2.45. The Balaban J connectivity index is 1.93. The Morgan fingerprint density at radius 2 is 2.04 bits per heavy atom. The number of hydrogen-bond donors (Lipinski definition) is 2. The highest BCUT2D eigenvalue weighted by atomic mass is 19.4. The summed E-state index contributed by atoms with van der Waals surface area (Å²) in [5.41, 5.74) is 7.01. The van der Waals surface area contributed by atoms with E-state index in [-0.39, 0.29) is 11.0 Å². The summed E-state index contributed by atoms with van der Waals surface area (Å²) in [6, 6.07) is 9.60. The zero-order valence-corrected chi connectivity index (χ0v) is 15.0. The van der Waals surface area contributed by atoms with E-state index in [1.165, 1.54) is 6.20 Å². The molecule has 5 nitrogen and oxygen atoms in total. The third-order valence-electron chi connectivity index (χ3n) is 5.22. The van der Waals surface area contributed by atoms with Gasteiger partial charge >= 0.3 is 6.18 Å². The summed E-state index contributed by atoms with van der Waals surface area (Å²) >= 11 is 0. The van der Waals surface area contributed by atoms with Crippen LogP contribution in [0.1, 0.15) is 36.1 Å². The van der Waals surface area contributed by atoms with Gasteiger partial charge in [0.15, 0.2) is 11.3 Å². The Morgan fingerprint density at radius 1 is 1.25 bits per heavy atom. The number of aromatic amines is 1.